The average molecular weight is 380 g/mol. The monoisotopic (exact) mass is 380 g/mol. The van der Waals surface area contributed by atoms with Gasteiger partial charge in [0.2, 0.25) is 5.91 Å². The fourth-order valence-electron chi connectivity index (χ4n) is 3.50. The van der Waals surface area contributed by atoms with Crippen molar-refractivity contribution in [1.82, 2.24) is 10.2 Å². The SMILES string of the molecule is COc1ccc(CNC(=O)CC2CCN(C(=O)c3ccc(C)cc3)CC2)cc1. The van der Waals surface area contributed by atoms with Crippen LogP contribution in [0.1, 0.15) is 40.7 Å². The second kappa shape index (κ2) is 9.40. The van der Waals surface area contributed by atoms with E-state index in [0.717, 1.165) is 35.3 Å². The molecule has 3 rings (SSSR count). The number of hydrogen-bond donors (Lipinski definition) is 1. The number of piperidine rings is 1. The number of likely N-dealkylation sites (tertiary alicyclic amines) is 1. The van der Waals surface area contributed by atoms with Crippen LogP contribution in [0.25, 0.3) is 0 Å². The quantitative estimate of drug-likeness (QED) is 0.834. The van der Waals surface area contributed by atoms with Gasteiger partial charge >= 0.3 is 0 Å². The van der Waals surface area contributed by atoms with Crippen LogP contribution < -0.4 is 10.1 Å². The number of nitrogens with zero attached hydrogens (tertiary/aromatic N) is 1. The summed E-state index contributed by atoms with van der Waals surface area (Å²) in [6, 6.07) is 15.4. The number of amides is 2. The van der Waals surface area contributed by atoms with Crippen LogP contribution in [-0.2, 0) is 11.3 Å². The molecular weight excluding hydrogens is 352 g/mol. The number of ether oxygens (including phenoxy) is 1. The summed E-state index contributed by atoms with van der Waals surface area (Å²) in [6.45, 7) is 3.96. The van der Waals surface area contributed by atoms with Crippen molar-refractivity contribution in [2.75, 3.05) is 20.2 Å². The maximum absolute atomic E-state index is 12.6. The van der Waals surface area contributed by atoms with Gasteiger partial charge in [-0.2, -0.15) is 0 Å². The number of rotatable bonds is 6. The molecular formula is C23H28N2O3. The predicted molar refractivity (Wildman–Crippen MR) is 109 cm³/mol. The Morgan fingerprint density at radius 3 is 2.29 bits per heavy atom. The summed E-state index contributed by atoms with van der Waals surface area (Å²) in [4.78, 5) is 26.7. The number of carbonyl (C=O) groups is 2. The molecule has 1 fully saturated rings. The van der Waals surface area contributed by atoms with Gasteiger partial charge in [-0.15, -0.1) is 0 Å². The van der Waals surface area contributed by atoms with E-state index in [9.17, 15) is 9.59 Å². The van der Waals surface area contributed by atoms with Crippen LogP contribution in [0.3, 0.4) is 0 Å². The third kappa shape index (κ3) is 5.35. The van der Waals surface area contributed by atoms with Gasteiger partial charge in [-0.1, -0.05) is 29.8 Å². The molecule has 0 atom stereocenters. The molecule has 0 spiro atoms. The smallest absolute Gasteiger partial charge is 0.253 e. The highest BCUT2D eigenvalue weighted by Gasteiger charge is 2.25. The van der Waals surface area contributed by atoms with Gasteiger partial charge in [0, 0.05) is 31.6 Å². The zero-order chi connectivity index (χ0) is 19.9. The van der Waals surface area contributed by atoms with E-state index in [4.69, 9.17) is 4.74 Å². The van der Waals surface area contributed by atoms with E-state index < -0.39 is 0 Å². The molecule has 5 nitrogen and oxygen atoms in total. The second-order valence-electron chi connectivity index (χ2n) is 7.43. The van der Waals surface area contributed by atoms with Crippen molar-refractivity contribution in [2.24, 2.45) is 5.92 Å². The number of benzene rings is 2. The Morgan fingerprint density at radius 2 is 1.68 bits per heavy atom. The van der Waals surface area contributed by atoms with Crippen molar-refractivity contribution in [3.8, 4) is 5.75 Å². The van der Waals surface area contributed by atoms with E-state index in [1.165, 1.54) is 0 Å². The van der Waals surface area contributed by atoms with Gasteiger partial charge in [0.05, 0.1) is 7.11 Å². The first-order valence-corrected chi connectivity index (χ1v) is 9.80. The standard InChI is InChI=1S/C23H28N2O3/c1-17-3-7-20(8-4-17)23(27)25-13-11-18(12-14-25)15-22(26)24-16-19-5-9-21(28-2)10-6-19/h3-10,18H,11-16H2,1-2H3,(H,24,26). The van der Waals surface area contributed by atoms with Gasteiger partial charge in [-0.05, 0) is 55.5 Å². The first kappa shape index (κ1) is 19.9. The Bertz CT molecular complexity index is 792. The van der Waals surface area contributed by atoms with Crippen LogP contribution in [0.2, 0.25) is 0 Å². The van der Waals surface area contributed by atoms with E-state index in [-0.39, 0.29) is 11.8 Å². The number of methoxy groups -OCH3 is 1. The molecule has 0 saturated carbocycles. The van der Waals surface area contributed by atoms with E-state index in [0.29, 0.717) is 32.0 Å². The molecule has 1 heterocycles. The minimum Gasteiger partial charge on any atom is -0.497 e. The van der Waals surface area contributed by atoms with Gasteiger partial charge in [-0.3, -0.25) is 9.59 Å². The largest absolute Gasteiger partial charge is 0.497 e. The molecule has 1 saturated heterocycles. The maximum Gasteiger partial charge on any atom is 0.253 e. The van der Waals surface area contributed by atoms with Crippen LogP contribution in [0.4, 0.5) is 0 Å². The Hall–Kier alpha value is -2.82. The number of nitrogens with one attached hydrogen (secondary N) is 1. The van der Waals surface area contributed by atoms with Gasteiger partial charge in [-0.25, -0.2) is 0 Å². The minimum atomic E-state index is 0.0686. The van der Waals surface area contributed by atoms with Gasteiger partial charge in [0.25, 0.3) is 5.91 Å². The Kier molecular flexibility index (Phi) is 6.69. The Balaban J connectivity index is 1.41. The Morgan fingerprint density at radius 1 is 1.04 bits per heavy atom. The van der Waals surface area contributed by atoms with Crippen molar-refractivity contribution in [1.29, 1.82) is 0 Å². The first-order valence-electron chi connectivity index (χ1n) is 9.80. The molecule has 0 aliphatic carbocycles. The zero-order valence-electron chi connectivity index (χ0n) is 16.6. The lowest BCUT2D eigenvalue weighted by Gasteiger charge is -2.31. The van der Waals surface area contributed by atoms with Crippen LogP contribution in [0.5, 0.6) is 5.75 Å². The molecule has 2 aromatic carbocycles. The molecule has 28 heavy (non-hydrogen) atoms. The van der Waals surface area contributed by atoms with Gasteiger partial charge in [0.1, 0.15) is 5.75 Å². The fraction of sp³-hybridized carbons (Fsp3) is 0.391. The molecule has 1 aliphatic rings. The number of aryl methyl sites for hydroxylation is 1. The lowest BCUT2D eigenvalue weighted by atomic mass is 9.92. The topological polar surface area (TPSA) is 58.6 Å². The minimum absolute atomic E-state index is 0.0686. The summed E-state index contributed by atoms with van der Waals surface area (Å²) in [5.41, 5.74) is 2.94. The summed E-state index contributed by atoms with van der Waals surface area (Å²) in [7, 11) is 1.64. The van der Waals surface area contributed by atoms with E-state index in [1.807, 2.05) is 60.4 Å². The fourth-order valence-corrected chi connectivity index (χ4v) is 3.50. The van der Waals surface area contributed by atoms with E-state index >= 15 is 0 Å². The molecule has 148 valence electrons. The zero-order valence-corrected chi connectivity index (χ0v) is 16.6. The summed E-state index contributed by atoms with van der Waals surface area (Å²) in [6.07, 6.45) is 2.25. The Labute approximate surface area is 166 Å². The maximum atomic E-state index is 12.6. The molecule has 0 unspecified atom stereocenters. The third-order valence-electron chi connectivity index (χ3n) is 5.32. The summed E-state index contributed by atoms with van der Waals surface area (Å²) >= 11 is 0. The lowest BCUT2D eigenvalue weighted by Crippen LogP contribution is -2.39. The normalized spacial score (nSPS) is 14.6. The molecule has 0 radical (unpaired) electrons. The lowest BCUT2D eigenvalue weighted by molar-refractivity contribution is -0.122. The number of carbonyl (C=O) groups excluding carboxylic acids is 2. The average Bonchev–Trinajstić information content (AvgIpc) is 2.73. The predicted octanol–water partition coefficient (Wildman–Crippen LogP) is 3.56. The molecule has 0 bridgehead atoms. The first-order chi connectivity index (χ1) is 13.5. The third-order valence-corrected chi connectivity index (χ3v) is 5.32. The van der Waals surface area contributed by atoms with E-state index in [1.54, 1.807) is 7.11 Å². The van der Waals surface area contributed by atoms with Crippen LogP contribution in [-0.4, -0.2) is 36.9 Å². The van der Waals surface area contributed by atoms with Crippen LogP contribution >= 0.6 is 0 Å². The van der Waals surface area contributed by atoms with Crippen molar-refractivity contribution < 1.29 is 14.3 Å². The molecule has 2 amide bonds. The molecule has 1 N–H and O–H groups in total. The van der Waals surface area contributed by atoms with Crippen molar-refractivity contribution in [2.45, 2.75) is 32.7 Å². The van der Waals surface area contributed by atoms with Crippen molar-refractivity contribution in [3.05, 3.63) is 65.2 Å². The summed E-state index contributed by atoms with van der Waals surface area (Å²) in [5, 5.41) is 2.99. The molecule has 5 heteroatoms. The van der Waals surface area contributed by atoms with Crippen LogP contribution in [0, 0.1) is 12.8 Å². The highest BCUT2D eigenvalue weighted by molar-refractivity contribution is 5.94. The van der Waals surface area contributed by atoms with Crippen LogP contribution in [0.15, 0.2) is 48.5 Å². The van der Waals surface area contributed by atoms with Gasteiger partial charge in [0.15, 0.2) is 0 Å². The summed E-state index contributed by atoms with van der Waals surface area (Å²) in [5.74, 6) is 1.29. The molecule has 0 aromatic heterocycles. The van der Waals surface area contributed by atoms with Crippen molar-refractivity contribution >= 4 is 11.8 Å². The van der Waals surface area contributed by atoms with Gasteiger partial charge < -0.3 is 15.0 Å². The van der Waals surface area contributed by atoms with E-state index in [2.05, 4.69) is 5.32 Å². The second-order valence-corrected chi connectivity index (χ2v) is 7.43. The molecule has 1 aliphatic heterocycles. The summed E-state index contributed by atoms with van der Waals surface area (Å²) < 4.78 is 5.14. The highest BCUT2D eigenvalue weighted by atomic mass is 16.5. The van der Waals surface area contributed by atoms with Crippen molar-refractivity contribution in [3.63, 3.8) is 0 Å². The molecule has 2 aromatic rings. The number of hydrogen-bond acceptors (Lipinski definition) is 3. The highest BCUT2D eigenvalue weighted by Crippen LogP contribution is 2.22.